The molecular weight excluding hydrogens is 360 g/mol. The van der Waals surface area contributed by atoms with Gasteiger partial charge in [0.05, 0.1) is 12.0 Å². The number of carbonyl (C=O) groups excluding carboxylic acids is 1. The first-order valence-corrected chi connectivity index (χ1v) is 8.15. The maximum Gasteiger partial charge on any atom is 0.332 e. The first-order chi connectivity index (χ1) is 12.8. The Morgan fingerprint density at radius 2 is 1.93 bits per heavy atom. The number of anilines is 1. The van der Waals surface area contributed by atoms with Crippen LogP contribution in [0.25, 0.3) is 11.2 Å². The van der Waals surface area contributed by atoms with Crippen molar-refractivity contribution in [1.29, 1.82) is 0 Å². The van der Waals surface area contributed by atoms with Crippen LogP contribution in [0.15, 0.2) is 34.1 Å². The number of rotatable bonds is 5. The van der Waals surface area contributed by atoms with E-state index >= 15 is 0 Å². The van der Waals surface area contributed by atoms with Crippen LogP contribution in [0.4, 0.5) is 14.5 Å². The van der Waals surface area contributed by atoms with E-state index in [0.717, 1.165) is 22.8 Å². The van der Waals surface area contributed by atoms with Crippen LogP contribution in [-0.4, -0.2) is 24.6 Å². The minimum Gasteiger partial charge on any atom is -0.325 e. The molecule has 0 fully saturated rings. The lowest BCUT2D eigenvalue weighted by Gasteiger charge is -2.08. The lowest BCUT2D eigenvalue weighted by atomic mass is 10.2. The number of hydrogen-bond donors (Lipinski definition) is 1. The number of amides is 1. The molecule has 0 aliphatic heterocycles. The lowest BCUT2D eigenvalue weighted by molar-refractivity contribution is -0.116. The second-order valence-corrected chi connectivity index (χ2v) is 6.09. The summed E-state index contributed by atoms with van der Waals surface area (Å²) in [5.41, 5.74) is -0.659. The van der Waals surface area contributed by atoms with E-state index < -0.39 is 28.8 Å². The van der Waals surface area contributed by atoms with Crippen molar-refractivity contribution in [3.8, 4) is 0 Å². The molecule has 3 aromatic rings. The van der Waals surface area contributed by atoms with Crippen molar-refractivity contribution in [1.82, 2.24) is 18.7 Å². The Labute approximate surface area is 151 Å². The fourth-order valence-electron chi connectivity index (χ4n) is 2.78. The molecule has 0 bridgehead atoms. The van der Waals surface area contributed by atoms with E-state index in [1.165, 1.54) is 25.0 Å². The quantitative estimate of drug-likeness (QED) is 0.722. The minimum atomic E-state index is -0.727. The van der Waals surface area contributed by atoms with Crippen LogP contribution < -0.4 is 16.6 Å². The Kier molecular flexibility index (Phi) is 4.89. The Bertz CT molecular complexity index is 1150. The molecule has 0 unspecified atom stereocenters. The molecule has 27 heavy (non-hydrogen) atoms. The van der Waals surface area contributed by atoms with Crippen LogP contribution in [0, 0.1) is 11.6 Å². The summed E-state index contributed by atoms with van der Waals surface area (Å²) in [6.07, 6.45) is 1.79. The Hall–Kier alpha value is -3.30. The molecule has 0 saturated carbocycles. The van der Waals surface area contributed by atoms with E-state index in [-0.39, 0.29) is 23.3 Å². The zero-order valence-electron chi connectivity index (χ0n) is 14.7. The zero-order valence-corrected chi connectivity index (χ0v) is 14.7. The number of fused-ring (bicyclic) bond motifs is 1. The summed E-state index contributed by atoms with van der Waals surface area (Å²) >= 11 is 0. The molecule has 10 heteroatoms. The van der Waals surface area contributed by atoms with E-state index in [2.05, 4.69) is 10.3 Å². The van der Waals surface area contributed by atoms with Crippen LogP contribution in [0.5, 0.6) is 0 Å². The van der Waals surface area contributed by atoms with Gasteiger partial charge in [-0.25, -0.2) is 18.6 Å². The first-order valence-electron chi connectivity index (χ1n) is 8.15. The summed E-state index contributed by atoms with van der Waals surface area (Å²) in [5.74, 6) is -1.86. The van der Waals surface area contributed by atoms with Crippen LogP contribution in [0.3, 0.4) is 0 Å². The topological polar surface area (TPSA) is 90.9 Å². The van der Waals surface area contributed by atoms with Gasteiger partial charge in [-0.05, 0) is 18.6 Å². The number of carbonyl (C=O) groups is 1. The van der Waals surface area contributed by atoms with Crippen molar-refractivity contribution in [3.63, 3.8) is 0 Å². The summed E-state index contributed by atoms with van der Waals surface area (Å²) in [5, 5.41) is 2.32. The van der Waals surface area contributed by atoms with Crippen molar-refractivity contribution in [2.75, 3.05) is 5.32 Å². The Morgan fingerprint density at radius 1 is 1.19 bits per heavy atom. The number of aromatic nitrogens is 4. The van der Waals surface area contributed by atoms with Gasteiger partial charge in [-0.2, -0.15) is 0 Å². The molecule has 0 aliphatic rings. The van der Waals surface area contributed by atoms with Crippen LogP contribution in [0.2, 0.25) is 0 Å². The van der Waals surface area contributed by atoms with Gasteiger partial charge in [-0.1, -0.05) is 0 Å². The zero-order chi connectivity index (χ0) is 19.7. The number of hydrogen-bond acceptors (Lipinski definition) is 4. The molecule has 2 aromatic heterocycles. The molecule has 0 radical (unpaired) electrons. The summed E-state index contributed by atoms with van der Waals surface area (Å²) in [6.45, 7) is 0.295. The molecule has 0 spiro atoms. The maximum atomic E-state index is 13.5. The molecule has 1 amide bonds. The molecule has 2 heterocycles. The average molecular weight is 377 g/mol. The molecule has 3 rings (SSSR count). The van der Waals surface area contributed by atoms with Crippen molar-refractivity contribution in [2.24, 2.45) is 14.1 Å². The number of benzene rings is 1. The molecule has 0 aliphatic carbocycles. The van der Waals surface area contributed by atoms with Gasteiger partial charge in [0.2, 0.25) is 5.91 Å². The van der Waals surface area contributed by atoms with Crippen LogP contribution >= 0.6 is 0 Å². The predicted molar refractivity (Wildman–Crippen MR) is 94.4 cm³/mol. The van der Waals surface area contributed by atoms with Crippen molar-refractivity contribution >= 4 is 22.8 Å². The summed E-state index contributed by atoms with van der Waals surface area (Å²) in [4.78, 5) is 40.3. The SMILES string of the molecule is Cn1c(=O)c2c(ncn2CCCC(=O)Nc2cc(F)ccc2F)n(C)c1=O. The third-order valence-corrected chi connectivity index (χ3v) is 4.22. The monoisotopic (exact) mass is 377 g/mol. The highest BCUT2D eigenvalue weighted by molar-refractivity contribution is 5.90. The maximum absolute atomic E-state index is 13.5. The molecule has 1 aromatic carbocycles. The van der Waals surface area contributed by atoms with Gasteiger partial charge in [-0.15, -0.1) is 0 Å². The molecule has 142 valence electrons. The highest BCUT2D eigenvalue weighted by atomic mass is 19.1. The number of halogens is 2. The van der Waals surface area contributed by atoms with Gasteiger partial charge in [0.15, 0.2) is 11.2 Å². The van der Waals surface area contributed by atoms with Crippen LogP contribution in [-0.2, 0) is 25.4 Å². The number of nitrogens with one attached hydrogen (secondary N) is 1. The smallest absolute Gasteiger partial charge is 0.325 e. The second kappa shape index (κ2) is 7.14. The highest BCUT2D eigenvalue weighted by Crippen LogP contribution is 2.16. The second-order valence-electron chi connectivity index (χ2n) is 6.09. The Balaban J connectivity index is 1.71. The largest absolute Gasteiger partial charge is 0.332 e. The van der Waals surface area contributed by atoms with Gasteiger partial charge in [-0.3, -0.25) is 18.7 Å². The first kappa shape index (κ1) is 18.5. The summed E-state index contributed by atoms with van der Waals surface area (Å²) < 4.78 is 30.5. The predicted octanol–water partition coefficient (Wildman–Crippen LogP) is 1.13. The number of imidazole rings is 1. The highest BCUT2D eigenvalue weighted by Gasteiger charge is 2.14. The summed E-state index contributed by atoms with van der Waals surface area (Å²) in [7, 11) is 2.89. The third kappa shape index (κ3) is 3.50. The van der Waals surface area contributed by atoms with E-state index in [4.69, 9.17) is 0 Å². The van der Waals surface area contributed by atoms with Gasteiger partial charge in [0.1, 0.15) is 11.6 Å². The molecular formula is C17H17F2N5O3. The number of aryl methyl sites for hydroxylation is 2. The van der Waals surface area contributed by atoms with E-state index in [1.807, 2.05) is 0 Å². The van der Waals surface area contributed by atoms with Crippen molar-refractivity contribution in [2.45, 2.75) is 19.4 Å². The average Bonchev–Trinajstić information content (AvgIpc) is 3.05. The standard InChI is InChI=1S/C17H17F2N5O3/c1-22-15-14(16(26)23(2)17(22)27)24(9-20-15)7-3-4-13(25)21-12-8-10(18)5-6-11(12)19/h5-6,8-9H,3-4,7H2,1-2H3,(H,21,25). The molecule has 1 N–H and O–H groups in total. The number of nitrogens with zero attached hydrogens (tertiary/aromatic N) is 4. The fourth-order valence-corrected chi connectivity index (χ4v) is 2.78. The molecule has 0 atom stereocenters. The lowest BCUT2D eigenvalue weighted by Crippen LogP contribution is -2.37. The fraction of sp³-hybridized carbons (Fsp3) is 0.294. The van der Waals surface area contributed by atoms with Crippen molar-refractivity contribution < 1.29 is 13.6 Å². The third-order valence-electron chi connectivity index (χ3n) is 4.22. The van der Waals surface area contributed by atoms with E-state index in [0.29, 0.717) is 13.0 Å². The van der Waals surface area contributed by atoms with Crippen LogP contribution in [0.1, 0.15) is 12.8 Å². The normalized spacial score (nSPS) is 11.1. The van der Waals surface area contributed by atoms with E-state index in [1.54, 1.807) is 4.57 Å². The van der Waals surface area contributed by atoms with Gasteiger partial charge < -0.3 is 9.88 Å². The molecule has 8 nitrogen and oxygen atoms in total. The molecule has 0 saturated heterocycles. The van der Waals surface area contributed by atoms with E-state index in [9.17, 15) is 23.2 Å². The van der Waals surface area contributed by atoms with Gasteiger partial charge in [0.25, 0.3) is 5.56 Å². The van der Waals surface area contributed by atoms with Gasteiger partial charge in [0, 0.05) is 33.1 Å². The van der Waals surface area contributed by atoms with Crippen molar-refractivity contribution in [3.05, 3.63) is 57.0 Å². The summed E-state index contributed by atoms with van der Waals surface area (Å²) in [6, 6.07) is 2.80. The van der Waals surface area contributed by atoms with Gasteiger partial charge >= 0.3 is 5.69 Å². The minimum absolute atomic E-state index is 0.0295. The Morgan fingerprint density at radius 3 is 2.67 bits per heavy atom.